The summed E-state index contributed by atoms with van der Waals surface area (Å²) in [5.74, 6) is -0.371. The van der Waals surface area contributed by atoms with Gasteiger partial charge in [0.2, 0.25) is 0 Å². The molecule has 142 valence electrons. The first-order chi connectivity index (χ1) is 11.1. The average molecular weight is 343 g/mol. The fourth-order valence-corrected chi connectivity index (χ4v) is 2.86. The van der Waals surface area contributed by atoms with Crippen molar-refractivity contribution in [2.24, 2.45) is 23.2 Å². The quantitative estimate of drug-likeness (QED) is 0.496. The van der Waals surface area contributed by atoms with E-state index in [1.807, 2.05) is 48.5 Å². The molecule has 0 aromatic heterocycles. The first kappa shape index (κ1) is 22.9. The highest BCUT2D eigenvalue weighted by Crippen LogP contribution is 2.31. The molecule has 0 saturated heterocycles. The lowest BCUT2D eigenvalue weighted by Crippen LogP contribution is -2.43. The predicted octanol–water partition coefficient (Wildman–Crippen LogP) is 5.00. The van der Waals surface area contributed by atoms with Crippen LogP contribution in [0.2, 0.25) is 0 Å². The lowest BCUT2D eigenvalue weighted by atomic mass is 9.81. The number of esters is 2. The Morgan fingerprint density at radius 3 is 2.00 bits per heavy atom. The molecule has 0 aromatic rings. The monoisotopic (exact) mass is 342 g/mol. The van der Waals surface area contributed by atoms with Gasteiger partial charge in [0.1, 0.15) is 6.10 Å². The second kappa shape index (κ2) is 10.7. The number of rotatable bonds is 11. The Bertz CT molecular complexity index is 385. The minimum Gasteiger partial charge on any atom is -0.465 e. The van der Waals surface area contributed by atoms with Crippen molar-refractivity contribution in [2.75, 3.05) is 6.61 Å². The summed E-state index contributed by atoms with van der Waals surface area (Å²) in [6, 6.07) is 0. The topological polar surface area (TPSA) is 52.6 Å². The zero-order valence-corrected chi connectivity index (χ0v) is 17.0. The van der Waals surface area contributed by atoms with E-state index in [4.69, 9.17) is 9.47 Å². The third kappa shape index (κ3) is 7.67. The van der Waals surface area contributed by atoms with E-state index in [1.165, 1.54) is 0 Å². The second-order valence-electron chi connectivity index (χ2n) is 8.10. The van der Waals surface area contributed by atoms with E-state index in [2.05, 4.69) is 6.92 Å². The largest absolute Gasteiger partial charge is 0.465 e. The van der Waals surface area contributed by atoms with Crippen LogP contribution >= 0.6 is 0 Å². The molecule has 0 aliphatic rings. The summed E-state index contributed by atoms with van der Waals surface area (Å²) in [4.78, 5) is 24.3. The molecule has 0 aliphatic heterocycles. The van der Waals surface area contributed by atoms with E-state index < -0.39 is 5.41 Å². The van der Waals surface area contributed by atoms with E-state index in [0.29, 0.717) is 0 Å². The Morgan fingerprint density at radius 2 is 1.58 bits per heavy atom. The van der Waals surface area contributed by atoms with Gasteiger partial charge in [0.15, 0.2) is 0 Å². The zero-order valence-electron chi connectivity index (χ0n) is 17.0. The maximum absolute atomic E-state index is 12.6. The van der Waals surface area contributed by atoms with Crippen molar-refractivity contribution in [3.8, 4) is 0 Å². The van der Waals surface area contributed by atoms with Crippen molar-refractivity contribution >= 4 is 11.9 Å². The van der Waals surface area contributed by atoms with Crippen LogP contribution in [0.5, 0.6) is 0 Å². The zero-order chi connectivity index (χ0) is 18.9. The number of carbonyl (C=O) groups is 2. The van der Waals surface area contributed by atoms with Crippen LogP contribution in [0, 0.1) is 23.2 Å². The van der Waals surface area contributed by atoms with E-state index >= 15 is 0 Å². The Hall–Kier alpha value is -1.06. The van der Waals surface area contributed by atoms with Crippen molar-refractivity contribution in [1.82, 2.24) is 0 Å². The molecule has 0 bridgehead atoms. The SMILES string of the molecule is CCCCC(CC)C(=O)OC(C(C)C)C(C)(C)COC(=O)C(C)C. The summed E-state index contributed by atoms with van der Waals surface area (Å²) in [7, 11) is 0. The standard InChI is InChI=1S/C20H38O4/c1-9-11-12-16(10-2)19(22)24-17(14(3)4)20(7,8)13-23-18(21)15(5)6/h14-17H,9-13H2,1-8H3. The molecule has 4 heteroatoms. The summed E-state index contributed by atoms with van der Waals surface area (Å²) in [5.41, 5.74) is -0.419. The van der Waals surface area contributed by atoms with Gasteiger partial charge in [-0.05, 0) is 18.8 Å². The van der Waals surface area contributed by atoms with Crippen molar-refractivity contribution in [3.05, 3.63) is 0 Å². The molecule has 0 aromatic carbocycles. The first-order valence-corrected chi connectivity index (χ1v) is 9.43. The fraction of sp³-hybridized carbons (Fsp3) is 0.900. The fourth-order valence-electron chi connectivity index (χ4n) is 2.86. The summed E-state index contributed by atoms with van der Waals surface area (Å²) in [5, 5.41) is 0. The molecular weight excluding hydrogens is 304 g/mol. The van der Waals surface area contributed by atoms with Gasteiger partial charge < -0.3 is 9.47 Å². The highest BCUT2D eigenvalue weighted by atomic mass is 16.6. The van der Waals surface area contributed by atoms with Gasteiger partial charge in [0, 0.05) is 5.41 Å². The summed E-state index contributed by atoms with van der Waals surface area (Å²) in [6.07, 6.45) is 3.51. The van der Waals surface area contributed by atoms with E-state index in [0.717, 1.165) is 25.7 Å². The smallest absolute Gasteiger partial charge is 0.309 e. The summed E-state index contributed by atoms with van der Waals surface area (Å²) in [6.45, 7) is 16.1. The van der Waals surface area contributed by atoms with Crippen LogP contribution in [0.15, 0.2) is 0 Å². The van der Waals surface area contributed by atoms with Gasteiger partial charge in [-0.25, -0.2) is 0 Å². The molecule has 0 N–H and O–H groups in total. The van der Waals surface area contributed by atoms with Crippen LogP contribution < -0.4 is 0 Å². The van der Waals surface area contributed by atoms with Gasteiger partial charge in [-0.3, -0.25) is 9.59 Å². The lowest BCUT2D eigenvalue weighted by molar-refractivity contribution is -0.170. The van der Waals surface area contributed by atoms with Crippen LogP contribution in [-0.4, -0.2) is 24.6 Å². The number of hydrogen-bond donors (Lipinski definition) is 0. The Balaban J connectivity index is 4.93. The summed E-state index contributed by atoms with van der Waals surface area (Å²) >= 11 is 0. The average Bonchev–Trinajstić information content (AvgIpc) is 2.50. The molecule has 0 saturated carbocycles. The number of hydrogen-bond acceptors (Lipinski definition) is 4. The maximum atomic E-state index is 12.6. The van der Waals surface area contributed by atoms with Gasteiger partial charge in [0.05, 0.1) is 18.4 Å². The van der Waals surface area contributed by atoms with Crippen LogP contribution in [-0.2, 0) is 19.1 Å². The maximum Gasteiger partial charge on any atom is 0.309 e. The molecule has 4 nitrogen and oxygen atoms in total. The molecule has 0 fully saturated rings. The van der Waals surface area contributed by atoms with Gasteiger partial charge in [-0.1, -0.05) is 68.2 Å². The minimum atomic E-state index is -0.419. The minimum absolute atomic E-state index is 0.0415. The molecule has 24 heavy (non-hydrogen) atoms. The normalized spacial score (nSPS) is 14.6. The highest BCUT2D eigenvalue weighted by molar-refractivity contribution is 5.72. The van der Waals surface area contributed by atoms with Gasteiger partial charge in [-0.15, -0.1) is 0 Å². The first-order valence-electron chi connectivity index (χ1n) is 9.43. The Labute approximate surface area is 148 Å². The van der Waals surface area contributed by atoms with Crippen LogP contribution in [0.1, 0.15) is 81.1 Å². The molecule has 0 amide bonds. The van der Waals surface area contributed by atoms with Crippen molar-refractivity contribution in [3.63, 3.8) is 0 Å². The number of ether oxygens (including phenoxy) is 2. The van der Waals surface area contributed by atoms with Crippen LogP contribution in [0.3, 0.4) is 0 Å². The molecule has 0 rings (SSSR count). The molecule has 2 unspecified atom stereocenters. The highest BCUT2D eigenvalue weighted by Gasteiger charge is 2.37. The Kier molecular flexibility index (Phi) is 10.3. The Morgan fingerprint density at radius 1 is 1.00 bits per heavy atom. The van der Waals surface area contributed by atoms with E-state index in [1.54, 1.807) is 0 Å². The molecule has 0 spiro atoms. The van der Waals surface area contributed by atoms with Crippen LogP contribution in [0.4, 0.5) is 0 Å². The van der Waals surface area contributed by atoms with Gasteiger partial charge in [-0.2, -0.15) is 0 Å². The molecule has 0 aliphatic carbocycles. The van der Waals surface area contributed by atoms with Crippen molar-refractivity contribution < 1.29 is 19.1 Å². The van der Waals surface area contributed by atoms with Gasteiger partial charge in [0.25, 0.3) is 0 Å². The molecule has 0 heterocycles. The lowest BCUT2D eigenvalue weighted by Gasteiger charge is -2.36. The van der Waals surface area contributed by atoms with Crippen molar-refractivity contribution in [1.29, 1.82) is 0 Å². The van der Waals surface area contributed by atoms with Crippen LogP contribution in [0.25, 0.3) is 0 Å². The molecule has 2 atom stereocenters. The summed E-state index contributed by atoms with van der Waals surface area (Å²) < 4.78 is 11.3. The molecule has 0 radical (unpaired) electrons. The third-order valence-electron chi connectivity index (χ3n) is 4.41. The number of unbranched alkanes of at least 4 members (excludes halogenated alkanes) is 1. The molecular formula is C20H38O4. The van der Waals surface area contributed by atoms with E-state index in [-0.39, 0.29) is 42.4 Å². The van der Waals surface area contributed by atoms with Crippen molar-refractivity contribution in [2.45, 2.75) is 87.2 Å². The predicted molar refractivity (Wildman–Crippen MR) is 97.6 cm³/mol. The number of carbonyl (C=O) groups excluding carboxylic acids is 2. The van der Waals surface area contributed by atoms with Gasteiger partial charge >= 0.3 is 11.9 Å². The van der Waals surface area contributed by atoms with E-state index in [9.17, 15) is 9.59 Å². The second-order valence-corrected chi connectivity index (χ2v) is 8.10. The third-order valence-corrected chi connectivity index (χ3v) is 4.41.